The zero-order valence-electron chi connectivity index (χ0n) is 24.7. The zero-order chi connectivity index (χ0) is 31.6. The van der Waals surface area contributed by atoms with E-state index in [0.717, 1.165) is 21.0 Å². The minimum Gasteiger partial charge on any atom is -0.507 e. The summed E-state index contributed by atoms with van der Waals surface area (Å²) in [6.07, 6.45) is 3.94. The molecule has 0 radical (unpaired) electrons. The summed E-state index contributed by atoms with van der Waals surface area (Å²) in [4.78, 5) is 15.1. The predicted molar refractivity (Wildman–Crippen MR) is 177 cm³/mol. The number of amides is 2. The third kappa shape index (κ3) is 6.52. The van der Waals surface area contributed by atoms with Gasteiger partial charge in [0.25, 0.3) is 0 Å². The van der Waals surface area contributed by atoms with Gasteiger partial charge in [-0.25, -0.2) is 13.9 Å². The van der Waals surface area contributed by atoms with Crippen LogP contribution in [0, 0.1) is 5.82 Å². The summed E-state index contributed by atoms with van der Waals surface area (Å²) in [7, 11) is 0. The third-order valence-electron chi connectivity index (χ3n) is 7.31. The number of hydrogen-bond donors (Lipinski definition) is 3. The number of nitrogens with zero attached hydrogens (tertiary/aromatic N) is 5. The maximum atomic E-state index is 13.6. The first-order valence-electron chi connectivity index (χ1n) is 14.1. The van der Waals surface area contributed by atoms with Crippen LogP contribution in [-0.2, 0) is 11.3 Å². The van der Waals surface area contributed by atoms with Gasteiger partial charge in [0.2, 0.25) is 0 Å². The number of rotatable bonds is 9. The van der Waals surface area contributed by atoms with E-state index in [2.05, 4.69) is 34.7 Å². The van der Waals surface area contributed by atoms with Crippen molar-refractivity contribution in [2.45, 2.75) is 34.9 Å². The van der Waals surface area contributed by atoms with Gasteiger partial charge in [-0.05, 0) is 80.3 Å². The van der Waals surface area contributed by atoms with E-state index in [1.807, 2.05) is 65.4 Å². The Balaban J connectivity index is 1.20. The van der Waals surface area contributed by atoms with Crippen molar-refractivity contribution in [2.75, 3.05) is 11.6 Å². The van der Waals surface area contributed by atoms with Crippen molar-refractivity contribution >= 4 is 41.0 Å². The number of urea groups is 1. The number of phenols is 1. The minimum absolute atomic E-state index is 0.129. The van der Waals surface area contributed by atoms with Crippen molar-refractivity contribution in [3.63, 3.8) is 0 Å². The van der Waals surface area contributed by atoms with Crippen molar-refractivity contribution in [2.24, 2.45) is 0 Å². The average molecular weight is 640 g/mol. The standard InChI is InChI=1S/C33H30FN7O2S2/c1-33(2,44-3)28-18-30(41(39-28)23-14-12-22(34)13-15-23)36-32(43)35-19-21-8-4-7-11-27(21)45-24-16-17-29-37-38-31(40(29)20-24)25-9-5-6-10-26(25)42/h4-18,20,42H,19H2,1-3H3,(H2,35,36,43). The average Bonchev–Trinajstić information content (AvgIpc) is 3.66. The lowest BCUT2D eigenvalue weighted by Crippen LogP contribution is -2.29. The van der Waals surface area contributed by atoms with Crippen molar-refractivity contribution < 1.29 is 14.3 Å². The highest BCUT2D eigenvalue weighted by atomic mass is 32.2. The molecular weight excluding hydrogens is 610 g/mol. The number of aromatic hydroxyl groups is 1. The third-order valence-corrected chi connectivity index (χ3v) is 9.63. The topological polar surface area (TPSA) is 109 Å². The number of thioether (sulfide) groups is 1. The second-order valence-corrected chi connectivity index (χ2v) is 13.2. The van der Waals surface area contributed by atoms with E-state index in [9.17, 15) is 14.3 Å². The summed E-state index contributed by atoms with van der Waals surface area (Å²) >= 11 is 3.19. The van der Waals surface area contributed by atoms with Crippen molar-refractivity contribution in [1.82, 2.24) is 29.7 Å². The van der Waals surface area contributed by atoms with Gasteiger partial charge < -0.3 is 10.4 Å². The minimum atomic E-state index is -0.398. The first-order valence-corrected chi connectivity index (χ1v) is 16.1. The monoisotopic (exact) mass is 639 g/mol. The van der Waals surface area contributed by atoms with Gasteiger partial charge in [0.1, 0.15) is 17.4 Å². The van der Waals surface area contributed by atoms with Gasteiger partial charge in [0.15, 0.2) is 11.5 Å². The molecule has 6 aromatic rings. The number of para-hydroxylation sites is 1. The fourth-order valence-corrected chi connectivity index (χ4v) is 5.91. The SMILES string of the molecule is CSC(C)(C)c1cc(NC(=O)NCc2ccccc2Sc2ccc3nnc(-c4ccccc4O)n3c2)n(-c2ccc(F)cc2)n1. The van der Waals surface area contributed by atoms with Gasteiger partial charge in [0, 0.05) is 28.6 Å². The molecule has 0 spiro atoms. The number of nitrogens with one attached hydrogen (secondary N) is 2. The zero-order valence-corrected chi connectivity index (χ0v) is 26.4. The lowest BCUT2D eigenvalue weighted by molar-refractivity contribution is 0.251. The van der Waals surface area contributed by atoms with Crippen LogP contribution in [0.2, 0.25) is 0 Å². The summed E-state index contributed by atoms with van der Waals surface area (Å²) in [5.74, 6) is 0.795. The number of halogens is 1. The highest BCUT2D eigenvalue weighted by Gasteiger charge is 2.25. The molecule has 0 saturated carbocycles. The molecule has 0 aliphatic rings. The van der Waals surface area contributed by atoms with Gasteiger partial charge in [-0.3, -0.25) is 9.72 Å². The Bertz CT molecular complexity index is 1990. The molecule has 9 nitrogen and oxygen atoms in total. The number of fused-ring (bicyclic) bond motifs is 1. The highest BCUT2D eigenvalue weighted by Crippen LogP contribution is 2.35. The molecule has 2 amide bonds. The van der Waals surface area contributed by atoms with Crippen LogP contribution in [-0.4, -0.2) is 41.8 Å². The summed E-state index contributed by atoms with van der Waals surface area (Å²) in [6, 6.07) is 26.1. The normalized spacial score (nSPS) is 11.6. The molecule has 0 saturated heterocycles. The van der Waals surface area contributed by atoms with Crippen LogP contribution in [0.3, 0.4) is 0 Å². The fraction of sp³-hybridized carbons (Fsp3) is 0.152. The van der Waals surface area contributed by atoms with Crippen LogP contribution in [0.25, 0.3) is 22.7 Å². The molecule has 0 fully saturated rings. The predicted octanol–water partition coefficient (Wildman–Crippen LogP) is 7.50. The lowest BCUT2D eigenvalue weighted by Gasteiger charge is -2.18. The van der Waals surface area contributed by atoms with Gasteiger partial charge in [-0.1, -0.05) is 42.1 Å². The Kier molecular flexibility index (Phi) is 8.50. The molecule has 0 aliphatic carbocycles. The second kappa shape index (κ2) is 12.7. The number of carbonyl (C=O) groups excluding carboxylic acids is 1. The van der Waals surface area contributed by atoms with Crippen LogP contribution >= 0.6 is 23.5 Å². The largest absolute Gasteiger partial charge is 0.507 e. The van der Waals surface area contributed by atoms with Crippen molar-refractivity contribution in [3.05, 3.63) is 114 Å². The number of benzene rings is 3. The van der Waals surface area contributed by atoms with Gasteiger partial charge in [-0.15, -0.1) is 10.2 Å². The van der Waals surface area contributed by atoms with Crippen LogP contribution in [0.15, 0.2) is 107 Å². The maximum Gasteiger partial charge on any atom is 0.320 e. The van der Waals surface area contributed by atoms with Crippen LogP contribution < -0.4 is 10.6 Å². The molecule has 3 N–H and O–H groups in total. The fourth-order valence-electron chi connectivity index (χ4n) is 4.64. The Hall–Kier alpha value is -4.81. The molecule has 3 heterocycles. The number of carbonyl (C=O) groups is 1. The molecule has 3 aromatic carbocycles. The summed E-state index contributed by atoms with van der Waals surface area (Å²) in [6.45, 7) is 4.39. The van der Waals surface area contributed by atoms with Crippen molar-refractivity contribution in [1.29, 1.82) is 0 Å². The highest BCUT2D eigenvalue weighted by molar-refractivity contribution is 7.99. The Labute approximate surface area is 267 Å². The molecule has 12 heteroatoms. The van der Waals surface area contributed by atoms with Gasteiger partial charge >= 0.3 is 6.03 Å². The Morgan fingerprint density at radius 1 is 0.978 bits per heavy atom. The molecule has 228 valence electrons. The molecule has 45 heavy (non-hydrogen) atoms. The summed E-state index contributed by atoms with van der Waals surface area (Å²) < 4.78 is 16.8. The van der Waals surface area contributed by atoms with Crippen LogP contribution in [0.1, 0.15) is 25.1 Å². The van der Waals surface area contributed by atoms with E-state index in [4.69, 9.17) is 5.10 Å². The van der Waals surface area contributed by atoms with Gasteiger partial charge in [-0.2, -0.15) is 16.9 Å². The molecular formula is C33H30FN7O2S2. The number of pyridine rings is 1. The number of hydrogen-bond acceptors (Lipinski definition) is 7. The molecule has 0 unspecified atom stereocenters. The van der Waals surface area contributed by atoms with E-state index >= 15 is 0 Å². The quantitative estimate of drug-likeness (QED) is 0.150. The molecule has 0 atom stereocenters. The lowest BCUT2D eigenvalue weighted by atomic mass is 10.1. The first kappa shape index (κ1) is 30.2. The molecule has 6 rings (SSSR count). The molecule has 0 aliphatic heterocycles. The number of phenolic OH excluding ortho intramolecular Hbond substituents is 1. The second-order valence-electron chi connectivity index (χ2n) is 10.7. The smallest absolute Gasteiger partial charge is 0.320 e. The van der Waals surface area contributed by atoms with E-state index in [-0.39, 0.29) is 22.9 Å². The van der Waals surface area contributed by atoms with Crippen LogP contribution in [0.4, 0.5) is 15.0 Å². The van der Waals surface area contributed by atoms with Crippen molar-refractivity contribution in [3.8, 4) is 22.8 Å². The maximum absolute atomic E-state index is 13.6. The van der Waals surface area contributed by atoms with Gasteiger partial charge in [0.05, 0.1) is 21.7 Å². The molecule has 3 aromatic heterocycles. The van der Waals surface area contributed by atoms with E-state index in [0.29, 0.717) is 28.5 Å². The van der Waals surface area contributed by atoms with E-state index in [1.54, 1.807) is 58.5 Å². The Morgan fingerprint density at radius 3 is 2.51 bits per heavy atom. The summed E-state index contributed by atoms with van der Waals surface area (Å²) in [5.41, 5.74) is 3.60. The van der Waals surface area contributed by atoms with E-state index < -0.39 is 6.03 Å². The number of aromatic nitrogens is 5. The number of anilines is 1. The Morgan fingerprint density at radius 2 is 1.73 bits per heavy atom. The molecule has 0 bridgehead atoms. The summed E-state index contributed by atoms with van der Waals surface area (Å²) in [5, 5.41) is 29.5. The van der Waals surface area contributed by atoms with E-state index in [1.165, 1.54) is 12.1 Å². The first-order chi connectivity index (χ1) is 21.7. The van der Waals surface area contributed by atoms with Crippen LogP contribution in [0.5, 0.6) is 5.75 Å².